The molecule has 0 bridgehead atoms. The molecule has 5 nitrogen and oxygen atoms in total. The smallest absolute Gasteiger partial charge is 0.217 e. The average molecular weight is 339 g/mol. The van der Waals surface area contributed by atoms with Gasteiger partial charge in [-0.05, 0) is 49.2 Å². The lowest BCUT2D eigenvalue weighted by molar-refractivity contribution is -0.119. The maximum absolute atomic E-state index is 11.1. The Kier molecular flexibility index (Phi) is 5.66. The molecule has 1 fully saturated rings. The van der Waals surface area contributed by atoms with Crippen molar-refractivity contribution in [1.82, 2.24) is 15.2 Å². The van der Waals surface area contributed by atoms with E-state index in [4.69, 9.17) is 9.72 Å². The van der Waals surface area contributed by atoms with Crippen LogP contribution in [-0.4, -0.2) is 29.4 Å². The molecule has 0 spiro atoms. The fourth-order valence-corrected chi connectivity index (χ4v) is 3.31. The quantitative estimate of drug-likeness (QED) is 0.879. The Labute approximate surface area is 149 Å². The Hall–Kier alpha value is -2.40. The fraction of sp³-hybridized carbons (Fsp3) is 0.400. The standard InChI is InChI=1S/C20H25N3O2/c1-15(24)21-13-17-5-3-6-19(22-17)20-7-4-12-23(20)14-16-8-10-18(25-2)11-9-16/h3,5-6,8-11,20H,4,7,12-14H2,1-2H3,(H,21,24)/t20-/m1/s1. The van der Waals surface area contributed by atoms with Crippen LogP contribution in [0.4, 0.5) is 0 Å². The molecule has 1 aliphatic heterocycles. The summed E-state index contributed by atoms with van der Waals surface area (Å²) in [6.07, 6.45) is 2.30. The highest BCUT2D eigenvalue weighted by Crippen LogP contribution is 2.32. The number of aromatic nitrogens is 1. The zero-order valence-corrected chi connectivity index (χ0v) is 14.9. The Morgan fingerprint density at radius 1 is 1.28 bits per heavy atom. The normalized spacial score (nSPS) is 17.4. The number of methoxy groups -OCH3 is 1. The molecular formula is C20H25N3O2. The number of nitrogens with one attached hydrogen (secondary N) is 1. The van der Waals surface area contributed by atoms with Gasteiger partial charge in [-0.1, -0.05) is 18.2 Å². The summed E-state index contributed by atoms with van der Waals surface area (Å²) in [6.45, 7) is 3.99. The number of hydrogen-bond acceptors (Lipinski definition) is 4. The number of nitrogens with zero attached hydrogens (tertiary/aromatic N) is 2. The maximum atomic E-state index is 11.1. The van der Waals surface area contributed by atoms with Crippen LogP contribution in [0.3, 0.4) is 0 Å². The minimum Gasteiger partial charge on any atom is -0.497 e. The zero-order chi connectivity index (χ0) is 17.6. The molecule has 3 rings (SSSR count). The van der Waals surface area contributed by atoms with Gasteiger partial charge >= 0.3 is 0 Å². The van der Waals surface area contributed by atoms with Crippen molar-refractivity contribution in [2.75, 3.05) is 13.7 Å². The molecule has 2 aromatic rings. The largest absolute Gasteiger partial charge is 0.497 e. The predicted molar refractivity (Wildman–Crippen MR) is 97.1 cm³/mol. The summed E-state index contributed by atoms with van der Waals surface area (Å²) >= 11 is 0. The van der Waals surface area contributed by atoms with E-state index in [2.05, 4.69) is 28.4 Å². The van der Waals surface area contributed by atoms with Crippen molar-refractivity contribution in [2.24, 2.45) is 0 Å². The van der Waals surface area contributed by atoms with Crippen molar-refractivity contribution in [3.8, 4) is 5.75 Å². The first-order valence-electron chi connectivity index (χ1n) is 8.73. The van der Waals surface area contributed by atoms with Crippen LogP contribution in [0.2, 0.25) is 0 Å². The lowest BCUT2D eigenvalue weighted by atomic mass is 10.1. The van der Waals surface area contributed by atoms with Gasteiger partial charge in [-0.2, -0.15) is 0 Å². The monoisotopic (exact) mass is 339 g/mol. The average Bonchev–Trinajstić information content (AvgIpc) is 3.09. The molecule has 0 aliphatic carbocycles. The van der Waals surface area contributed by atoms with Crippen LogP contribution >= 0.6 is 0 Å². The number of likely N-dealkylation sites (tertiary alicyclic amines) is 1. The first-order chi connectivity index (χ1) is 12.2. The number of carbonyl (C=O) groups excluding carboxylic acids is 1. The van der Waals surface area contributed by atoms with Crippen molar-refractivity contribution >= 4 is 5.91 Å². The van der Waals surface area contributed by atoms with Crippen LogP contribution in [0.15, 0.2) is 42.5 Å². The van der Waals surface area contributed by atoms with Crippen molar-refractivity contribution in [1.29, 1.82) is 0 Å². The number of hydrogen-bond donors (Lipinski definition) is 1. The summed E-state index contributed by atoms with van der Waals surface area (Å²) in [5, 5.41) is 2.81. The minimum absolute atomic E-state index is 0.0331. The number of ether oxygens (including phenoxy) is 1. The molecule has 1 aromatic carbocycles. The molecule has 1 atom stereocenters. The van der Waals surface area contributed by atoms with Crippen LogP contribution in [-0.2, 0) is 17.9 Å². The van der Waals surface area contributed by atoms with E-state index in [9.17, 15) is 4.79 Å². The van der Waals surface area contributed by atoms with Crippen LogP contribution in [0.1, 0.15) is 42.8 Å². The first kappa shape index (κ1) is 17.4. The van der Waals surface area contributed by atoms with E-state index in [0.717, 1.165) is 36.6 Å². The van der Waals surface area contributed by atoms with Gasteiger partial charge in [-0.15, -0.1) is 0 Å². The van der Waals surface area contributed by atoms with Crippen molar-refractivity contribution in [3.63, 3.8) is 0 Å². The number of pyridine rings is 1. The van der Waals surface area contributed by atoms with Gasteiger partial charge < -0.3 is 10.1 Å². The lowest BCUT2D eigenvalue weighted by Gasteiger charge is -2.24. The second kappa shape index (κ2) is 8.12. The summed E-state index contributed by atoms with van der Waals surface area (Å²) in [4.78, 5) is 18.4. The summed E-state index contributed by atoms with van der Waals surface area (Å²) in [5.74, 6) is 0.850. The summed E-state index contributed by atoms with van der Waals surface area (Å²) in [7, 11) is 1.69. The molecule has 25 heavy (non-hydrogen) atoms. The lowest BCUT2D eigenvalue weighted by Crippen LogP contribution is -2.24. The molecule has 1 N–H and O–H groups in total. The highest BCUT2D eigenvalue weighted by atomic mass is 16.5. The third kappa shape index (κ3) is 4.57. The Bertz CT molecular complexity index is 715. The van der Waals surface area contributed by atoms with Gasteiger partial charge in [0.1, 0.15) is 5.75 Å². The highest BCUT2D eigenvalue weighted by Gasteiger charge is 2.27. The molecule has 0 radical (unpaired) electrons. The highest BCUT2D eigenvalue weighted by molar-refractivity contribution is 5.72. The van der Waals surface area contributed by atoms with Crippen molar-refractivity contribution < 1.29 is 9.53 Å². The Morgan fingerprint density at radius 3 is 2.80 bits per heavy atom. The molecule has 2 heterocycles. The molecule has 1 amide bonds. The topological polar surface area (TPSA) is 54.5 Å². The Balaban J connectivity index is 1.70. The molecule has 0 unspecified atom stereocenters. The molecule has 5 heteroatoms. The zero-order valence-electron chi connectivity index (χ0n) is 14.9. The predicted octanol–water partition coefficient (Wildman–Crippen LogP) is 3.06. The molecule has 1 aromatic heterocycles. The summed E-state index contributed by atoms with van der Waals surface area (Å²) in [5.41, 5.74) is 3.28. The summed E-state index contributed by atoms with van der Waals surface area (Å²) < 4.78 is 5.23. The summed E-state index contributed by atoms with van der Waals surface area (Å²) in [6, 6.07) is 14.7. The van der Waals surface area contributed by atoms with Crippen LogP contribution < -0.4 is 10.1 Å². The van der Waals surface area contributed by atoms with E-state index in [1.165, 1.54) is 18.9 Å². The van der Waals surface area contributed by atoms with Crippen LogP contribution in [0, 0.1) is 0 Å². The van der Waals surface area contributed by atoms with Gasteiger partial charge in [0.2, 0.25) is 5.91 Å². The third-order valence-corrected chi connectivity index (χ3v) is 4.60. The first-order valence-corrected chi connectivity index (χ1v) is 8.73. The second-order valence-corrected chi connectivity index (χ2v) is 6.44. The van der Waals surface area contributed by atoms with Crippen LogP contribution in [0.5, 0.6) is 5.75 Å². The van der Waals surface area contributed by atoms with E-state index in [1.807, 2.05) is 24.3 Å². The molecule has 1 saturated heterocycles. The Morgan fingerprint density at radius 2 is 2.08 bits per heavy atom. The molecule has 0 saturated carbocycles. The number of amides is 1. The SMILES string of the molecule is COc1ccc(CN2CCC[C@@H]2c2cccc(CNC(C)=O)n2)cc1. The van der Waals surface area contributed by atoms with Gasteiger partial charge in [0.25, 0.3) is 0 Å². The van der Waals surface area contributed by atoms with Gasteiger partial charge in [0, 0.05) is 13.5 Å². The van der Waals surface area contributed by atoms with E-state index in [1.54, 1.807) is 7.11 Å². The number of carbonyl (C=O) groups is 1. The van der Waals surface area contributed by atoms with Crippen molar-refractivity contribution in [2.45, 2.75) is 38.9 Å². The van der Waals surface area contributed by atoms with Crippen LogP contribution in [0.25, 0.3) is 0 Å². The molecule has 132 valence electrons. The van der Waals surface area contributed by atoms with Gasteiger partial charge in [0.05, 0.1) is 31.1 Å². The second-order valence-electron chi connectivity index (χ2n) is 6.44. The third-order valence-electron chi connectivity index (χ3n) is 4.60. The molecular weight excluding hydrogens is 314 g/mol. The number of benzene rings is 1. The van der Waals surface area contributed by atoms with Gasteiger partial charge in [-0.25, -0.2) is 0 Å². The van der Waals surface area contributed by atoms with E-state index >= 15 is 0 Å². The number of rotatable bonds is 6. The van der Waals surface area contributed by atoms with E-state index in [0.29, 0.717) is 12.6 Å². The van der Waals surface area contributed by atoms with Gasteiger partial charge in [0.15, 0.2) is 0 Å². The maximum Gasteiger partial charge on any atom is 0.217 e. The van der Waals surface area contributed by atoms with E-state index in [-0.39, 0.29) is 5.91 Å². The minimum atomic E-state index is -0.0331. The van der Waals surface area contributed by atoms with E-state index < -0.39 is 0 Å². The van der Waals surface area contributed by atoms with Gasteiger partial charge in [-0.3, -0.25) is 14.7 Å². The molecule has 1 aliphatic rings. The fourth-order valence-electron chi connectivity index (χ4n) is 3.31. The van der Waals surface area contributed by atoms with Crippen molar-refractivity contribution in [3.05, 3.63) is 59.4 Å².